The van der Waals surface area contributed by atoms with Gasteiger partial charge in [-0.1, -0.05) is 50.3 Å². The molecule has 2 fully saturated rings. The van der Waals surface area contributed by atoms with E-state index < -0.39 is 0 Å². The zero-order valence-corrected chi connectivity index (χ0v) is 25.1. The van der Waals surface area contributed by atoms with Crippen molar-refractivity contribution >= 4 is 23.2 Å². The van der Waals surface area contributed by atoms with E-state index in [1.165, 1.54) is 74.2 Å². The van der Waals surface area contributed by atoms with Gasteiger partial charge < -0.3 is 9.88 Å². The summed E-state index contributed by atoms with van der Waals surface area (Å²) < 4.78 is 0. The summed E-state index contributed by atoms with van der Waals surface area (Å²) in [5, 5.41) is 0. The van der Waals surface area contributed by atoms with Crippen LogP contribution in [-0.4, -0.2) is 28.0 Å². The van der Waals surface area contributed by atoms with E-state index in [0.717, 1.165) is 38.3 Å². The number of aromatic nitrogens is 3. The monoisotopic (exact) mass is 532 g/mol. The van der Waals surface area contributed by atoms with Crippen LogP contribution in [0, 0.1) is 13.8 Å². The molecular formula is C36H44N4. The van der Waals surface area contributed by atoms with Crippen molar-refractivity contribution in [2.24, 2.45) is 0 Å². The fraction of sp³-hybridized carbons (Fsp3) is 0.389. The molecule has 1 N–H and O–H groups in total. The molecule has 0 radical (unpaired) electrons. The van der Waals surface area contributed by atoms with Crippen LogP contribution in [-0.2, 0) is 0 Å². The molecule has 0 amide bonds. The molecule has 1 saturated heterocycles. The topological polar surface area (TPSA) is 44.8 Å². The number of hydrogen-bond donors (Lipinski definition) is 1. The van der Waals surface area contributed by atoms with Crippen LogP contribution in [0.5, 0.6) is 0 Å². The molecule has 0 atom stereocenters. The van der Waals surface area contributed by atoms with Gasteiger partial charge in [-0.3, -0.25) is 0 Å². The highest BCUT2D eigenvalue weighted by Gasteiger charge is 2.27. The Balaban J connectivity index is 1.61. The first-order chi connectivity index (χ1) is 19.4. The summed E-state index contributed by atoms with van der Waals surface area (Å²) in [7, 11) is 0. The quantitative estimate of drug-likeness (QED) is 0.314. The lowest BCUT2D eigenvalue weighted by molar-refractivity contribution is 0.738. The van der Waals surface area contributed by atoms with E-state index in [4.69, 9.17) is 9.97 Å². The van der Waals surface area contributed by atoms with Crippen LogP contribution in [0.1, 0.15) is 99.2 Å². The maximum absolute atomic E-state index is 4.83. The average molecular weight is 533 g/mol. The van der Waals surface area contributed by atoms with E-state index in [2.05, 4.69) is 113 Å². The molecule has 0 unspecified atom stereocenters. The zero-order chi connectivity index (χ0) is 28.2. The van der Waals surface area contributed by atoms with Gasteiger partial charge in [0.2, 0.25) is 5.95 Å². The summed E-state index contributed by atoms with van der Waals surface area (Å²) in [5.74, 6) is 1.51. The van der Waals surface area contributed by atoms with Gasteiger partial charge in [0.15, 0.2) is 0 Å². The molecule has 40 heavy (non-hydrogen) atoms. The lowest BCUT2D eigenvalue weighted by atomic mass is 9.85. The van der Waals surface area contributed by atoms with E-state index in [-0.39, 0.29) is 0 Å². The SMILES string of the molecule is C/C=C(\CC)c1[nH]ccc1C(=C\CC)/C(C)=C1\CN(c2ncc(C3CC3)cn2)CC\C1=C\c1c(C)cccc1C. The van der Waals surface area contributed by atoms with Gasteiger partial charge in [0.1, 0.15) is 0 Å². The molecule has 1 aromatic carbocycles. The number of hydrogen-bond acceptors (Lipinski definition) is 3. The Morgan fingerprint density at radius 3 is 2.42 bits per heavy atom. The van der Waals surface area contributed by atoms with Gasteiger partial charge in [0.05, 0.1) is 0 Å². The molecule has 2 aliphatic rings. The summed E-state index contributed by atoms with van der Waals surface area (Å²) >= 11 is 0. The Labute approximate surface area is 240 Å². The minimum Gasteiger partial charge on any atom is -0.361 e. The van der Waals surface area contributed by atoms with Crippen LogP contribution in [0.25, 0.3) is 17.2 Å². The number of rotatable bonds is 8. The number of piperidine rings is 1. The van der Waals surface area contributed by atoms with Gasteiger partial charge in [-0.2, -0.15) is 0 Å². The smallest absolute Gasteiger partial charge is 0.225 e. The molecule has 208 valence electrons. The van der Waals surface area contributed by atoms with Crippen LogP contribution in [0.15, 0.2) is 71.7 Å². The Morgan fingerprint density at radius 2 is 1.80 bits per heavy atom. The van der Waals surface area contributed by atoms with Gasteiger partial charge in [0, 0.05) is 42.9 Å². The maximum Gasteiger partial charge on any atom is 0.225 e. The molecule has 5 rings (SSSR count). The lowest BCUT2D eigenvalue weighted by Gasteiger charge is -2.33. The Bertz CT molecular complexity index is 1450. The van der Waals surface area contributed by atoms with Crippen LogP contribution in [0.4, 0.5) is 5.95 Å². The van der Waals surface area contributed by atoms with Crippen molar-refractivity contribution in [2.75, 3.05) is 18.0 Å². The van der Waals surface area contributed by atoms with E-state index in [1.54, 1.807) is 0 Å². The molecule has 1 aliphatic heterocycles. The highest BCUT2D eigenvalue weighted by Crippen LogP contribution is 2.40. The average Bonchev–Trinajstić information content (AvgIpc) is 3.72. The van der Waals surface area contributed by atoms with E-state index in [0.29, 0.717) is 5.92 Å². The van der Waals surface area contributed by atoms with Crippen molar-refractivity contribution in [3.05, 3.63) is 105 Å². The summed E-state index contributed by atoms with van der Waals surface area (Å²) in [6.07, 6.45) is 18.7. The van der Waals surface area contributed by atoms with Crippen LogP contribution >= 0.6 is 0 Å². The fourth-order valence-corrected chi connectivity index (χ4v) is 6.03. The molecule has 2 aromatic heterocycles. The second-order valence-electron chi connectivity index (χ2n) is 11.3. The summed E-state index contributed by atoms with van der Waals surface area (Å²) in [6, 6.07) is 8.84. The summed E-state index contributed by atoms with van der Waals surface area (Å²) in [5.41, 5.74) is 14.6. The van der Waals surface area contributed by atoms with Crippen molar-refractivity contribution in [1.82, 2.24) is 15.0 Å². The van der Waals surface area contributed by atoms with Crippen LogP contribution < -0.4 is 4.90 Å². The fourth-order valence-electron chi connectivity index (χ4n) is 6.03. The molecule has 0 spiro atoms. The molecular weight excluding hydrogens is 488 g/mol. The summed E-state index contributed by atoms with van der Waals surface area (Å²) in [6.45, 7) is 15.1. The first kappa shape index (κ1) is 27.9. The molecule has 3 heterocycles. The minimum atomic E-state index is 0.669. The standard InChI is InChI=1S/C36H44N4/c1-7-11-31(32-16-18-37-35(32)27(8-2)9-3)26(6)34-23-40(36-38-21-30(22-39-36)28-14-15-28)19-17-29(34)20-33-24(4)12-10-13-25(33)5/h8,10-13,16,18,20-22,28,37H,7,9,14-15,17,19,23H2,1-6H3/b27-8+,29-20-,31-11-,34-26+. The first-order valence-electron chi connectivity index (χ1n) is 15.0. The van der Waals surface area contributed by atoms with E-state index >= 15 is 0 Å². The number of aromatic amines is 1. The number of anilines is 1. The van der Waals surface area contributed by atoms with Gasteiger partial charge in [0.25, 0.3) is 0 Å². The maximum atomic E-state index is 4.83. The second-order valence-corrected chi connectivity index (χ2v) is 11.3. The van der Waals surface area contributed by atoms with Gasteiger partial charge in [-0.05, 0) is 122 Å². The number of allylic oxidation sites excluding steroid dienone is 5. The third-order valence-electron chi connectivity index (χ3n) is 8.59. The van der Waals surface area contributed by atoms with E-state index in [9.17, 15) is 0 Å². The molecule has 4 heteroatoms. The predicted octanol–water partition coefficient (Wildman–Crippen LogP) is 9.22. The molecule has 0 bridgehead atoms. The Hall–Kier alpha value is -3.66. The number of benzene rings is 1. The van der Waals surface area contributed by atoms with Crippen molar-refractivity contribution in [3.63, 3.8) is 0 Å². The number of H-pyrrole nitrogens is 1. The Morgan fingerprint density at radius 1 is 1.07 bits per heavy atom. The third kappa shape index (κ3) is 5.77. The molecule has 1 saturated carbocycles. The summed E-state index contributed by atoms with van der Waals surface area (Å²) in [4.78, 5) is 15.6. The number of aryl methyl sites for hydroxylation is 2. The first-order valence-corrected chi connectivity index (χ1v) is 15.0. The van der Waals surface area contributed by atoms with Gasteiger partial charge >= 0.3 is 0 Å². The largest absolute Gasteiger partial charge is 0.361 e. The van der Waals surface area contributed by atoms with Crippen LogP contribution in [0.3, 0.4) is 0 Å². The number of nitrogens with zero attached hydrogens (tertiary/aromatic N) is 3. The highest BCUT2D eigenvalue weighted by atomic mass is 15.2. The van der Waals surface area contributed by atoms with Crippen molar-refractivity contribution < 1.29 is 0 Å². The normalized spacial score (nSPS) is 18.9. The van der Waals surface area contributed by atoms with Crippen molar-refractivity contribution in [2.45, 2.75) is 79.6 Å². The second kappa shape index (κ2) is 12.2. The van der Waals surface area contributed by atoms with E-state index in [1.807, 2.05) is 0 Å². The molecule has 4 nitrogen and oxygen atoms in total. The van der Waals surface area contributed by atoms with Crippen molar-refractivity contribution in [1.29, 1.82) is 0 Å². The highest BCUT2D eigenvalue weighted by molar-refractivity contribution is 5.87. The minimum absolute atomic E-state index is 0.669. The van der Waals surface area contributed by atoms with Crippen LogP contribution in [0.2, 0.25) is 0 Å². The van der Waals surface area contributed by atoms with Gasteiger partial charge in [-0.25, -0.2) is 9.97 Å². The van der Waals surface area contributed by atoms with Gasteiger partial charge in [-0.15, -0.1) is 0 Å². The Kier molecular flexibility index (Phi) is 8.54. The predicted molar refractivity (Wildman–Crippen MR) is 170 cm³/mol. The molecule has 3 aromatic rings. The number of nitrogens with one attached hydrogen (secondary N) is 1. The van der Waals surface area contributed by atoms with Crippen molar-refractivity contribution in [3.8, 4) is 0 Å². The third-order valence-corrected chi connectivity index (χ3v) is 8.59. The lowest BCUT2D eigenvalue weighted by Crippen LogP contribution is -2.34. The zero-order valence-electron chi connectivity index (χ0n) is 25.1. The molecule has 1 aliphatic carbocycles.